The number of benzene rings is 1. The Labute approximate surface area is 195 Å². The van der Waals surface area contributed by atoms with E-state index < -0.39 is 0 Å². The standard InChI is InChI=1S/C20H30ClN7.HI/c1-3-19-26-24-15-28(19)13-11-23-20(22-4-2)25-16-8-7-12-27(14-16)18-10-6-5-9-17(18)21;/h5-6,9-10,15-16H,3-4,7-8,11-14H2,1-2H3,(H2,22,23,25);1H. The van der Waals surface area contributed by atoms with Crippen LogP contribution in [-0.2, 0) is 13.0 Å². The van der Waals surface area contributed by atoms with Crippen LogP contribution in [0.4, 0.5) is 5.69 Å². The predicted molar refractivity (Wildman–Crippen MR) is 131 cm³/mol. The molecule has 1 unspecified atom stereocenters. The second kappa shape index (κ2) is 12.2. The largest absolute Gasteiger partial charge is 0.368 e. The normalized spacial score (nSPS) is 17.0. The van der Waals surface area contributed by atoms with Crippen molar-refractivity contribution in [3.05, 3.63) is 41.4 Å². The maximum absolute atomic E-state index is 6.39. The molecule has 2 N–H and O–H groups in total. The van der Waals surface area contributed by atoms with Gasteiger partial charge in [-0.25, -0.2) is 0 Å². The van der Waals surface area contributed by atoms with Crippen LogP contribution in [0.25, 0.3) is 0 Å². The molecule has 3 rings (SSSR count). The van der Waals surface area contributed by atoms with E-state index in [-0.39, 0.29) is 24.0 Å². The summed E-state index contributed by atoms with van der Waals surface area (Å²) in [6.07, 6.45) is 4.90. The zero-order chi connectivity index (χ0) is 19.8. The fourth-order valence-electron chi connectivity index (χ4n) is 3.54. The van der Waals surface area contributed by atoms with Crippen LogP contribution in [0.2, 0.25) is 5.02 Å². The highest BCUT2D eigenvalue weighted by Gasteiger charge is 2.22. The van der Waals surface area contributed by atoms with Crippen LogP contribution in [0.15, 0.2) is 35.6 Å². The Morgan fingerprint density at radius 3 is 2.90 bits per heavy atom. The molecule has 0 radical (unpaired) electrons. The van der Waals surface area contributed by atoms with Crippen molar-refractivity contribution in [2.45, 2.75) is 45.7 Å². The van der Waals surface area contributed by atoms with E-state index in [0.29, 0.717) is 12.6 Å². The molecule has 7 nitrogen and oxygen atoms in total. The summed E-state index contributed by atoms with van der Waals surface area (Å²) in [5.41, 5.74) is 1.11. The molecule has 2 heterocycles. The van der Waals surface area contributed by atoms with E-state index in [0.717, 1.165) is 67.9 Å². The Morgan fingerprint density at radius 2 is 2.14 bits per heavy atom. The molecule has 1 atom stereocenters. The molecular weight excluding hydrogens is 501 g/mol. The van der Waals surface area contributed by atoms with Crippen LogP contribution in [0, 0.1) is 0 Å². The van der Waals surface area contributed by atoms with Crippen molar-refractivity contribution in [1.29, 1.82) is 0 Å². The quantitative estimate of drug-likeness (QED) is 0.326. The highest BCUT2D eigenvalue weighted by Crippen LogP contribution is 2.27. The van der Waals surface area contributed by atoms with Gasteiger partial charge in [-0.05, 0) is 31.9 Å². The van der Waals surface area contributed by atoms with Gasteiger partial charge >= 0.3 is 0 Å². The number of para-hydroxylation sites is 1. The molecule has 1 fully saturated rings. The molecule has 9 heteroatoms. The Morgan fingerprint density at radius 1 is 1.31 bits per heavy atom. The number of anilines is 1. The third kappa shape index (κ3) is 6.74. The number of halogens is 2. The van der Waals surface area contributed by atoms with Crippen molar-refractivity contribution in [3.8, 4) is 0 Å². The monoisotopic (exact) mass is 531 g/mol. The smallest absolute Gasteiger partial charge is 0.191 e. The van der Waals surface area contributed by atoms with Crippen LogP contribution in [0.3, 0.4) is 0 Å². The zero-order valence-electron chi connectivity index (χ0n) is 17.1. The average molecular weight is 532 g/mol. The molecule has 1 aromatic carbocycles. The number of nitrogens with zero attached hydrogens (tertiary/aromatic N) is 5. The minimum absolute atomic E-state index is 0. The lowest BCUT2D eigenvalue weighted by atomic mass is 10.0. The summed E-state index contributed by atoms with van der Waals surface area (Å²) in [7, 11) is 0. The minimum atomic E-state index is 0. The molecule has 29 heavy (non-hydrogen) atoms. The molecule has 2 aromatic rings. The van der Waals surface area contributed by atoms with E-state index in [9.17, 15) is 0 Å². The van der Waals surface area contributed by atoms with Gasteiger partial charge in [0.2, 0.25) is 0 Å². The van der Waals surface area contributed by atoms with Crippen molar-refractivity contribution in [2.24, 2.45) is 4.99 Å². The van der Waals surface area contributed by atoms with Crippen LogP contribution >= 0.6 is 35.6 Å². The topological polar surface area (TPSA) is 70.4 Å². The SMILES string of the molecule is CCNC(=NCCn1cnnc1CC)NC1CCCN(c2ccccc2Cl)C1.I. The summed E-state index contributed by atoms with van der Waals surface area (Å²) in [5, 5.41) is 15.9. The highest BCUT2D eigenvalue weighted by atomic mass is 127. The Balaban J connectivity index is 0.00000300. The van der Waals surface area contributed by atoms with E-state index in [1.807, 2.05) is 18.2 Å². The van der Waals surface area contributed by atoms with Crippen molar-refractivity contribution in [1.82, 2.24) is 25.4 Å². The summed E-state index contributed by atoms with van der Waals surface area (Å²) in [6.45, 7) is 8.42. The van der Waals surface area contributed by atoms with Gasteiger partial charge in [0.15, 0.2) is 5.96 Å². The summed E-state index contributed by atoms with van der Waals surface area (Å²) in [5.74, 6) is 1.86. The van der Waals surface area contributed by atoms with E-state index >= 15 is 0 Å². The maximum atomic E-state index is 6.39. The minimum Gasteiger partial charge on any atom is -0.368 e. The Kier molecular flexibility index (Phi) is 9.99. The molecule has 0 saturated carbocycles. The number of hydrogen-bond donors (Lipinski definition) is 2. The van der Waals surface area contributed by atoms with E-state index in [4.69, 9.17) is 16.6 Å². The maximum Gasteiger partial charge on any atom is 0.191 e. The average Bonchev–Trinajstić information content (AvgIpc) is 3.16. The fourth-order valence-corrected chi connectivity index (χ4v) is 3.80. The number of nitrogens with one attached hydrogen (secondary N) is 2. The molecule has 1 aromatic heterocycles. The van der Waals surface area contributed by atoms with E-state index in [2.05, 4.69) is 50.2 Å². The number of rotatable bonds is 7. The Hall–Kier alpha value is -1.55. The molecule has 0 amide bonds. The van der Waals surface area contributed by atoms with Crippen molar-refractivity contribution < 1.29 is 0 Å². The van der Waals surface area contributed by atoms with Crippen LogP contribution < -0.4 is 15.5 Å². The molecule has 0 spiro atoms. The molecule has 160 valence electrons. The third-order valence-corrected chi connectivity index (χ3v) is 5.24. The van der Waals surface area contributed by atoms with Crippen molar-refractivity contribution in [2.75, 3.05) is 31.1 Å². The van der Waals surface area contributed by atoms with E-state index in [1.54, 1.807) is 6.33 Å². The molecule has 1 saturated heterocycles. The van der Waals surface area contributed by atoms with Gasteiger partial charge in [0.05, 0.1) is 17.3 Å². The summed E-state index contributed by atoms with van der Waals surface area (Å²) in [4.78, 5) is 7.11. The number of aromatic nitrogens is 3. The molecule has 1 aliphatic heterocycles. The van der Waals surface area contributed by atoms with Gasteiger partial charge in [-0.2, -0.15) is 0 Å². The second-order valence-electron chi connectivity index (χ2n) is 6.94. The highest BCUT2D eigenvalue weighted by molar-refractivity contribution is 14.0. The van der Waals surface area contributed by atoms with Gasteiger partial charge < -0.3 is 20.1 Å². The van der Waals surface area contributed by atoms with Gasteiger partial charge in [-0.15, -0.1) is 34.2 Å². The van der Waals surface area contributed by atoms with Gasteiger partial charge in [0.25, 0.3) is 0 Å². The lowest BCUT2D eigenvalue weighted by Crippen LogP contribution is -2.51. The number of hydrogen-bond acceptors (Lipinski definition) is 4. The first kappa shape index (κ1) is 23.7. The lowest BCUT2D eigenvalue weighted by Gasteiger charge is -2.35. The summed E-state index contributed by atoms with van der Waals surface area (Å²) in [6, 6.07) is 8.40. The lowest BCUT2D eigenvalue weighted by molar-refractivity contribution is 0.468. The third-order valence-electron chi connectivity index (χ3n) is 4.92. The molecular formula is C20H31ClIN7. The first-order valence-corrected chi connectivity index (χ1v) is 10.5. The molecule has 0 aliphatic carbocycles. The number of guanidine groups is 1. The summed E-state index contributed by atoms with van der Waals surface area (Å²) >= 11 is 6.39. The predicted octanol–water partition coefficient (Wildman–Crippen LogP) is 3.34. The van der Waals surface area contributed by atoms with Crippen LogP contribution in [0.1, 0.15) is 32.5 Å². The number of piperidine rings is 1. The van der Waals surface area contributed by atoms with Gasteiger partial charge in [-0.3, -0.25) is 4.99 Å². The first-order valence-electron chi connectivity index (χ1n) is 10.1. The van der Waals surface area contributed by atoms with Crippen molar-refractivity contribution in [3.63, 3.8) is 0 Å². The van der Waals surface area contributed by atoms with Crippen molar-refractivity contribution >= 4 is 47.2 Å². The van der Waals surface area contributed by atoms with Crippen LogP contribution in [-0.4, -0.2) is 52.9 Å². The fraction of sp³-hybridized carbons (Fsp3) is 0.550. The molecule has 0 bridgehead atoms. The van der Waals surface area contributed by atoms with Gasteiger partial charge in [0.1, 0.15) is 12.2 Å². The molecule has 1 aliphatic rings. The van der Waals surface area contributed by atoms with Crippen LogP contribution in [0.5, 0.6) is 0 Å². The second-order valence-corrected chi connectivity index (χ2v) is 7.34. The van der Waals surface area contributed by atoms with E-state index in [1.165, 1.54) is 0 Å². The number of aryl methyl sites for hydroxylation is 1. The van der Waals surface area contributed by atoms with Gasteiger partial charge in [0, 0.05) is 38.6 Å². The Bertz CT molecular complexity index is 780. The zero-order valence-corrected chi connectivity index (χ0v) is 20.2. The number of aliphatic imine (C=N–C) groups is 1. The summed E-state index contributed by atoms with van der Waals surface area (Å²) < 4.78 is 2.06. The first-order chi connectivity index (χ1) is 13.7. The van der Waals surface area contributed by atoms with Gasteiger partial charge in [-0.1, -0.05) is 30.7 Å².